The number of carbonyl (C=O) groups is 2. The molecule has 144 valence electrons. The van der Waals surface area contributed by atoms with Gasteiger partial charge in [0.15, 0.2) is 0 Å². The first-order valence-electron chi connectivity index (χ1n) is 9.33. The van der Waals surface area contributed by atoms with E-state index in [0.29, 0.717) is 25.6 Å². The highest BCUT2D eigenvalue weighted by Crippen LogP contribution is 2.33. The minimum atomic E-state index is -0.562. The molecule has 1 aliphatic heterocycles. The molecule has 26 heavy (non-hydrogen) atoms. The average Bonchev–Trinajstić information content (AvgIpc) is 3.33. The molecule has 0 aromatic rings. The molecule has 1 aliphatic carbocycles. The molecule has 0 radical (unpaired) electrons. The van der Waals surface area contributed by atoms with Crippen molar-refractivity contribution in [1.82, 2.24) is 9.80 Å². The zero-order valence-corrected chi connectivity index (χ0v) is 16.8. The van der Waals surface area contributed by atoms with Crippen LogP contribution in [-0.4, -0.2) is 53.1 Å². The van der Waals surface area contributed by atoms with Gasteiger partial charge in [-0.25, -0.2) is 4.79 Å². The van der Waals surface area contributed by atoms with Gasteiger partial charge in [-0.2, -0.15) is 5.26 Å². The van der Waals surface area contributed by atoms with E-state index in [4.69, 9.17) is 4.74 Å². The molecular weight excluding hydrogens is 330 g/mol. The highest BCUT2D eigenvalue weighted by Gasteiger charge is 2.41. The minimum absolute atomic E-state index is 0.170. The fourth-order valence-electron chi connectivity index (χ4n) is 3.07. The first-order valence-corrected chi connectivity index (χ1v) is 9.33. The largest absolute Gasteiger partial charge is 0.444 e. The number of hydrogen-bond donors (Lipinski definition) is 0. The van der Waals surface area contributed by atoms with E-state index in [0.717, 1.165) is 12.8 Å². The second-order valence-electron chi connectivity index (χ2n) is 9.34. The van der Waals surface area contributed by atoms with Crippen LogP contribution >= 0.6 is 0 Å². The van der Waals surface area contributed by atoms with E-state index < -0.39 is 5.60 Å². The smallest absolute Gasteiger partial charge is 0.410 e. The molecule has 0 aromatic carbocycles. The van der Waals surface area contributed by atoms with Gasteiger partial charge in [0, 0.05) is 19.6 Å². The number of carbonyl (C=O) groups excluding carboxylic acids is 2. The van der Waals surface area contributed by atoms with Crippen LogP contribution in [0.15, 0.2) is 11.6 Å². The first kappa shape index (κ1) is 20.3. The summed E-state index contributed by atoms with van der Waals surface area (Å²) in [6.07, 6.45) is 3.55. The molecule has 1 atom stereocenters. The van der Waals surface area contributed by atoms with Gasteiger partial charge in [-0.3, -0.25) is 4.79 Å². The number of nitriles is 1. The zero-order valence-electron chi connectivity index (χ0n) is 16.8. The molecule has 0 aromatic heterocycles. The Hall–Kier alpha value is -2.03. The van der Waals surface area contributed by atoms with Crippen LogP contribution in [0.3, 0.4) is 0 Å². The van der Waals surface area contributed by atoms with Crippen molar-refractivity contribution in [3.63, 3.8) is 0 Å². The Morgan fingerprint density at radius 1 is 1.12 bits per heavy atom. The fourth-order valence-corrected chi connectivity index (χ4v) is 3.07. The number of rotatable bonds is 2. The van der Waals surface area contributed by atoms with Crippen LogP contribution < -0.4 is 0 Å². The Balaban J connectivity index is 2.16. The molecule has 1 saturated carbocycles. The Kier molecular flexibility index (Phi) is 5.70. The Labute approximate surface area is 156 Å². The van der Waals surface area contributed by atoms with Crippen LogP contribution in [0.25, 0.3) is 0 Å². The van der Waals surface area contributed by atoms with Gasteiger partial charge in [-0.15, -0.1) is 0 Å². The number of hydrogen-bond acceptors (Lipinski definition) is 4. The van der Waals surface area contributed by atoms with Crippen molar-refractivity contribution in [2.45, 2.75) is 66.0 Å². The van der Waals surface area contributed by atoms with Crippen LogP contribution in [0.5, 0.6) is 0 Å². The Morgan fingerprint density at radius 2 is 1.73 bits per heavy atom. The summed E-state index contributed by atoms with van der Waals surface area (Å²) < 4.78 is 5.55. The lowest BCUT2D eigenvalue weighted by molar-refractivity contribution is -0.131. The minimum Gasteiger partial charge on any atom is -0.444 e. The van der Waals surface area contributed by atoms with Crippen molar-refractivity contribution >= 4 is 12.0 Å². The van der Waals surface area contributed by atoms with Crippen LogP contribution in [0.1, 0.15) is 54.4 Å². The van der Waals surface area contributed by atoms with Crippen LogP contribution in [0.4, 0.5) is 4.79 Å². The Morgan fingerprint density at radius 3 is 2.19 bits per heavy atom. The molecule has 6 heteroatoms. The van der Waals surface area contributed by atoms with Crippen molar-refractivity contribution < 1.29 is 14.3 Å². The number of allylic oxidation sites excluding steroid dienone is 1. The van der Waals surface area contributed by atoms with Gasteiger partial charge in [0.25, 0.3) is 5.91 Å². The monoisotopic (exact) mass is 361 g/mol. The lowest BCUT2D eigenvalue weighted by Gasteiger charge is -2.47. The average molecular weight is 361 g/mol. The summed E-state index contributed by atoms with van der Waals surface area (Å²) in [4.78, 5) is 28.8. The Bertz CT molecular complexity index is 630. The standard InChI is InChI=1S/C20H31N3O3/c1-19(2,3)16-13-22(17(24)15(12-21)11-14-7-8-14)9-10-23(16)18(25)26-20(4,5)6/h11,14,16H,7-10,13H2,1-6H3/b15-11+. The van der Waals surface area contributed by atoms with Gasteiger partial charge in [-0.05, 0) is 44.9 Å². The predicted octanol–water partition coefficient (Wildman–Crippen LogP) is 3.34. The number of ether oxygens (including phenoxy) is 1. The third-order valence-corrected chi connectivity index (χ3v) is 4.67. The van der Waals surface area contributed by atoms with Gasteiger partial charge < -0.3 is 14.5 Å². The molecule has 2 amide bonds. The maximum atomic E-state index is 12.8. The van der Waals surface area contributed by atoms with E-state index in [2.05, 4.69) is 6.07 Å². The van der Waals surface area contributed by atoms with E-state index in [1.54, 1.807) is 15.9 Å². The highest BCUT2D eigenvalue weighted by atomic mass is 16.6. The SMILES string of the molecule is CC(C)(C)OC(=O)N1CCN(C(=O)/C(C#N)=C/C2CC2)CC1C(C)(C)C. The van der Waals surface area contributed by atoms with Gasteiger partial charge >= 0.3 is 6.09 Å². The van der Waals surface area contributed by atoms with Gasteiger partial charge in [0.2, 0.25) is 0 Å². The van der Waals surface area contributed by atoms with E-state index in [9.17, 15) is 14.9 Å². The third kappa shape index (κ3) is 5.23. The number of piperazine rings is 1. The molecule has 2 fully saturated rings. The van der Waals surface area contributed by atoms with Crippen molar-refractivity contribution in [3.05, 3.63) is 11.6 Å². The summed E-state index contributed by atoms with van der Waals surface area (Å²) in [5.41, 5.74) is -0.554. The predicted molar refractivity (Wildman–Crippen MR) is 99.2 cm³/mol. The maximum absolute atomic E-state index is 12.8. The molecule has 6 nitrogen and oxygen atoms in total. The quantitative estimate of drug-likeness (QED) is 0.558. The number of amides is 2. The normalized spacial score (nSPS) is 22.0. The van der Waals surface area contributed by atoms with Gasteiger partial charge in [0.05, 0.1) is 6.04 Å². The molecule has 2 aliphatic rings. The van der Waals surface area contributed by atoms with Crippen LogP contribution in [0, 0.1) is 22.7 Å². The number of nitrogens with zero attached hydrogens (tertiary/aromatic N) is 3. The summed E-state index contributed by atoms with van der Waals surface area (Å²) >= 11 is 0. The van der Waals surface area contributed by atoms with E-state index in [-0.39, 0.29) is 29.0 Å². The molecule has 2 rings (SSSR count). The highest BCUT2D eigenvalue weighted by molar-refractivity contribution is 5.97. The van der Waals surface area contributed by atoms with E-state index in [1.807, 2.05) is 41.5 Å². The topological polar surface area (TPSA) is 73.6 Å². The molecule has 1 heterocycles. The molecule has 1 unspecified atom stereocenters. The second-order valence-corrected chi connectivity index (χ2v) is 9.34. The van der Waals surface area contributed by atoms with Gasteiger partial charge in [-0.1, -0.05) is 26.8 Å². The van der Waals surface area contributed by atoms with E-state index >= 15 is 0 Å². The fraction of sp³-hybridized carbons (Fsp3) is 0.750. The summed E-state index contributed by atoms with van der Waals surface area (Å²) in [5, 5.41) is 9.35. The van der Waals surface area contributed by atoms with Crippen molar-refractivity contribution in [2.75, 3.05) is 19.6 Å². The summed E-state index contributed by atoms with van der Waals surface area (Å²) in [5.74, 6) is 0.146. The van der Waals surface area contributed by atoms with Crippen molar-refractivity contribution in [2.24, 2.45) is 11.3 Å². The lowest BCUT2D eigenvalue weighted by atomic mass is 9.84. The lowest BCUT2D eigenvalue weighted by Crippen LogP contribution is -2.61. The van der Waals surface area contributed by atoms with Crippen molar-refractivity contribution in [1.29, 1.82) is 5.26 Å². The summed E-state index contributed by atoms with van der Waals surface area (Å²) in [6, 6.07) is 1.88. The molecule has 0 bridgehead atoms. The first-order chi connectivity index (χ1) is 11.9. The zero-order chi connectivity index (χ0) is 19.7. The maximum Gasteiger partial charge on any atom is 0.410 e. The van der Waals surface area contributed by atoms with E-state index in [1.165, 1.54) is 0 Å². The molecule has 0 N–H and O–H groups in total. The van der Waals surface area contributed by atoms with Crippen molar-refractivity contribution in [3.8, 4) is 6.07 Å². The third-order valence-electron chi connectivity index (χ3n) is 4.67. The summed E-state index contributed by atoms with van der Waals surface area (Å²) in [7, 11) is 0. The van der Waals surface area contributed by atoms with Gasteiger partial charge in [0.1, 0.15) is 17.2 Å². The molecule has 1 saturated heterocycles. The second kappa shape index (κ2) is 7.30. The molecular formula is C20H31N3O3. The molecule has 0 spiro atoms. The summed E-state index contributed by atoms with van der Waals surface area (Å²) in [6.45, 7) is 12.9. The van der Waals surface area contributed by atoms with Crippen LogP contribution in [0.2, 0.25) is 0 Å². The van der Waals surface area contributed by atoms with Crippen LogP contribution in [-0.2, 0) is 9.53 Å².